The number of esters is 1. The third-order valence-electron chi connectivity index (χ3n) is 2.44. The van der Waals surface area contributed by atoms with Crippen molar-refractivity contribution < 1.29 is 9.53 Å². The first-order chi connectivity index (χ1) is 7.93. The van der Waals surface area contributed by atoms with Crippen molar-refractivity contribution in [3.8, 4) is 0 Å². The average molecular weight is 257 g/mol. The van der Waals surface area contributed by atoms with Crippen molar-refractivity contribution in [3.05, 3.63) is 22.7 Å². The van der Waals surface area contributed by atoms with Crippen LogP contribution >= 0.6 is 11.6 Å². The molecule has 0 amide bonds. The van der Waals surface area contributed by atoms with E-state index in [1.54, 1.807) is 12.1 Å². The van der Waals surface area contributed by atoms with Gasteiger partial charge in [0.05, 0.1) is 28.9 Å². The van der Waals surface area contributed by atoms with Gasteiger partial charge in [0.2, 0.25) is 0 Å². The Labute approximate surface area is 106 Å². The molecule has 0 radical (unpaired) electrons. The van der Waals surface area contributed by atoms with Crippen LogP contribution in [0.15, 0.2) is 12.1 Å². The van der Waals surface area contributed by atoms with Crippen molar-refractivity contribution in [2.24, 2.45) is 0 Å². The highest BCUT2D eigenvalue weighted by atomic mass is 35.5. The van der Waals surface area contributed by atoms with Gasteiger partial charge >= 0.3 is 5.97 Å². The SMILES string of the molecule is CCC(C)OC(=O)Cc1cc(N)c(Cl)c(N)c1. The monoisotopic (exact) mass is 256 g/mol. The molecular formula is C12H17ClN2O2. The summed E-state index contributed by atoms with van der Waals surface area (Å²) >= 11 is 5.83. The number of anilines is 2. The molecule has 1 unspecified atom stereocenters. The maximum atomic E-state index is 11.6. The molecule has 0 saturated heterocycles. The van der Waals surface area contributed by atoms with E-state index in [-0.39, 0.29) is 18.5 Å². The number of hydrogen-bond acceptors (Lipinski definition) is 4. The van der Waals surface area contributed by atoms with Crippen molar-refractivity contribution in [1.29, 1.82) is 0 Å². The Kier molecular flexibility index (Phi) is 4.63. The molecule has 0 aromatic heterocycles. The molecule has 0 saturated carbocycles. The van der Waals surface area contributed by atoms with E-state index in [1.807, 2.05) is 13.8 Å². The van der Waals surface area contributed by atoms with Gasteiger partial charge in [-0.05, 0) is 31.0 Å². The number of ether oxygens (including phenoxy) is 1. The number of nitrogen functional groups attached to an aromatic ring is 2. The summed E-state index contributed by atoms with van der Waals surface area (Å²) in [6.07, 6.45) is 0.858. The summed E-state index contributed by atoms with van der Waals surface area (Å²) in [4.78, 5) is 11.6. The number of carbonyl (C=O) groups is 1. The molecule has 1 aromatic rings. The largest absolute Gasteiger partial charge is 0.462 e. The molecule has 17 heavy (non-hydrogen) atoms. The molecule has 4 N–H and O–H groups in total. The van der Waals surface area contributed by atoms with Crippen molar-refractivity contribution >= 4 is 28.9 Å². The zero-order valence-electron chi connectivity index (χ0n) is 10.00. The molecule has 94 valence electrons. The van der Waals surface area contributed by atoms with Gasteiger partial charge < -0.3 is 16.2 Å². The van der Waals surface area contributed by atoms with E-state index in [2.05, 4.69) is 0 Å². The second-order valence-corrected chi connectivity index (χ2v) is 4.35. The zero-order valence-corrected chi connectivity index (χ0v) is 10.8. The lowest BCUT2D eigenvalue weighted by atomic mass is 10.1. The first-order valence-corrected chi connectivity index (χ1v) is 5.84. The summed E-state index contributed by atoms with van der Waals surface area (Å²) in [6.45, 7) is 3.80. The van der Waals surface area contributed by atoms with Crippen LogP contribution in [-0.4, -0.2) is 12.1 Å². The van der Waals surface area contributed by atoms with Crippen LogP contribution in [0.5, 0.6) is 0 Å². The number of benzene rings is 1. The maximum absolute atomic E-state index is 11.6. The van der Waals surface area contributed by atoms with Gasteiger partial charge in [0.1, 0.15) is 0 Å². The second-order valence-electron chi connectivity index (χ2n) is 3.97. The molecule has 0 heterocycles. The van der Waals surface area contributed by atoms with Gasteiger partial charge in [0.25, 0.3) is 0 Å². The van der Waals surface area contributed by atoms with E-state index in [0.29, 0.717) is 22.0 Å². The van der Waals surface area contributed by atoms with Gasteiger partial charge in [0.15, 0.2) is 0 Å². The lowest BCUT2D eigenvalue weighted by Gasteiger charge is -2.11. The summed E-state index contributed by atoms with van der Waals surface area (Å²) in [5.41, 5.74) is 12.8. The molecule has 5 heteroatoms. The lowest BCUT2D eigenvalue weighted by Crippen LogP contribution is -2.16. The van der Waals surface area contributed by atoms with Gasteiger partial charge in [-0.15, -0.1) is 0 Å². The summed E-state index contributed by atoms with van der Waals surface area (Å²) < 4.78 is 5.16. The lowest BCUT2D eigenvalue weighted by molar-refractivity contribution is -0.147. The number of nitrogens with two attached hydrogens (primary N) is 2. The van der Waals surface area contributed by atoms with E-state index in [4.69, 9.17) is 27.8 Å². The molecule has 1 aromatic carbocycles. The van der Waals surface area contributed by atoms with Crippen LogP contribution in [-0.2, 0) is 16.0 Å². The highest BCUT2D eigenvalue weighted by molar-refractivity contribution is 6.35. The summed E-state index contributed by atoms with van der Waals surface area (Å²) in [5.74, 6) is -0.291. The van der Waals surface area contributed by atoms with E-state index in [0.717, 1.165) is 6.42 Å². The van der Waals surface area contributed by atoms with Crippen molar-refractivity contribution in [3.63, 3.8) is 0 Å². The fourth-order valence-electron chi connectivity index (χ4n) is 1.35. The molecule has 0 spiro atoms. The minimum Gasteiger partial charge on any atom is -0.462 e. The Morgan fingerprint density at radius 3 is 2.41 bits per heavy atom. The molecule has 1 atom stereocenters. The Morgan fingerprint density at radius 2 is 1.94 bits per heavy atom. The third-order valence-corrected chi connectivity index (χ3v) is 2.88. The number of halogens is 1. The molecule has 0 bridgehead atoms. The Morgan fingerprint density at radius 1 is 1.41 bits per heavy atom. The van der Waals surface area contributed by atoms with Gasteiger partial charge in [-0.3, -0.25) is 4.79 Å². The molecule has 0 aliphatic rings. The topological polar surface area (TPSA) is 78.3 Å². The van der Waals surface area contributed by atoms with Crippen LogP contribution in [0.4, 0.5) is 11.4 Å². The predicted molar refractivity (Wildman–Crippen MR) is 69.8 cm³/mol. The first kappa shape index (κ1) is 13.6. The first-order valence-electron chi connectivity index (χ1n) is 5.46. The van der Waals surface area contributed by atoms with Gasteiger partial charge in [-0.1, -0.05) is 18.5 Å². The van der Waals surface area contributed by atoms with Crippen molar-refractivity contribution in [2.75, 3.05) is 11.5 Å². The number of hydrogen-bond donors (Lipinski definition) is 2. The molecule has 0 aliphatic heterocycles. The van der Waals surface area contributed by atoms with Crippen LogP contribution in [0.25, 0.3) is 0 Å². The molecule has 4 nitrogen and oxygen atoms in total. The average Bonchev–Trinajstić information content (AvgIpc) is 2.25. The second kappa shape index (κ2) is 5.77. The van der Waals surface area contributed by atoms with Crippen molar-refractivity contribution in [2.45, 2.75) is 32.8 Å². The quantitative estimate of drug-likeness (QED) is 0.640. The molecule has 0 aliphatic carbocycles. The standard InChI is InChI=1S/C12H17ClN2O2/c1-3-7(2)17-11(16)6-8-4-9(14)12(13)10(15)5-8/h4-5,7H,3,6,14-15H2,1-2H3. The summed E-state index contributed by atoms with van der Waals surface area (Å²) in [7, 11) is 0. The summed E-state index contributed by atoms with van der Waals surface area (Å²) in [5, 5.41) is 0.323. The normalized spacial score (nSPS) is 12.2. The zero-order chi connectivity index (χ0) is 13.0. The van der Waals surface area contributed by atoms with Crippen LogP contribution in [0.2, 0.25) is 5.02 Å². The molecule has 0 fully saturated rings. The Hall–Kier alpha value is -1.42. The summed E-state index contributed by atoms with van der Waals surface area (Å²) in [6, 6.07) is 3.27. The fraction of sp³-hybridized carbons (Fsp3) is 0.417. The van der Waals surface area contributed by atoms with Gasteiger partial charge in [0, 0.05) is 0 Å². The third kappa shape index (κ3) is 3.82. The Bertz CT molecular complexity index is 398. The smallest absolute Gasteiger partial charge is 0.310 e. The van der Waals surface area contributed by atoms with E-state index < -0.39 is 0 Å². The van der Waals surface area contributed by atoms with Crippen molar-refractivity contribution in [1.82, 2.24) is 0 Å². The maximum Gasteiger partial charge on any atom is 0.310 e. The minimum absolute atomic E-state index is 0.0792. The van der Waals surface area contributed by atoms with Gasteiger partial charge in [-0.2, -0.15) is 0 Å². The van der Waals surface area contributed by atoms with E-state index in [1.165, 1.54) is 0 Å². The fourth-order valence-corrected chi connectivity index (χ4v) is 1.46. The highest BCUT2D eigenvalue weighted by Crippen LogP contribution is 2.27. The van der Waals surface area contributed by atoms with Crippen LogP contribution < -0.4 is 11.5 Å². The number of rotatable bonds is 4. The molecule has 1 rings (SSSR count). The predicted octanol–water partition coefficient (Wildman–Crippen LogP) is 2.39. The van der Waals surface area contributed by atoms with Crippen LogP contribution in [0.1, 0.15) is 25.8 Å². The number of carbonyl (C=O) groups excluding carboxylic acids is 1. The van der Waals surface area contributed by atoms with E-state index >= 15 is 0 Å². The van der Waals surface area contributed by atoms with Crippen LogP contribution in [0, 0.1) is 0 Å². The highest BCUT2D eigenvalue weighted by Gasteiger charge is 2.11. The van der Waals surface area contributed by atoms with E-state index in [9.17, 15) is 4.79 Å². The molecular weight excluding hydrogens is 240 g/mol. The minimum atomic E-state index is -0.291. The van der Waals surface area contributed by atoms with Gasteiger partial charge in [-0.25, -0.2) is 0 Å². The van der Waals surface area contributed by atoms with Crippen LogP contribution in [0.3, 0.4) is 0 Å². The Balaban J connectivity index is 2.72.